The fourth-order valence-electron chi connectivity index (χ4n) is 1.48. The van der Waals surface area contributed by atoms with Gasteiger partial charge in [0.05, 0.1) is 7.11 Å². The van der Waals surface area contributed by atoms with Gasteiger partial charge in [0.15, 0.2) is 0 Å². The number of carbonyl (C=O) groups is 1. The van der Waals surface area contributed by atoms with Gasteiger partial charge in [0.25, 0.3) is 0 Å². The second-order valence-corrected chi connectivity index (χ2v) is 3.95. The molecule has 3 nitrogen and oxygen atoms in total. The smallest absolute Gasteiger partial charge is 0.328 e. The number of hydrogen-bond acceptors (Lipinski definition) is 2. The number of carboxylic acid groups (broad SMARTS) is 1. The van der Waals surface area contributed by atoms with Crippen LogP contribution in [0.3, 0.4) is 0 Å². The molecule has 0 amide bonds. The Hall–Kier alpha value is -2.73. The number of ether oxygens (including phenoxy) is 1. The molecule has 1 aromatic rings. The van der Waals surface area contributed by atoms with E-state index >= 15 is 0 Å². The summed E-state index contributed by atoms with van der Waals surface area (Å²) in [7, 11) is 1.48. The van der Waals surface area contributed by atoms with Gasteiger partial charge in [-0.25, -0.2) is 4.79 Å². The average Bonchev–Trinajstić information content (AvgIpc) is 2.43. The lowest BCUT2D eigenvalue weighted by Gasteiger charge is -2.00. The van der Waals surface area contributed by atoms with Crippen molar-refractivity contribution in [1.82, 2.24) is 0 Å². The number of carboxylic acids is 1. The first-order valence-corrected chi connectivity index (χ1v) is 6.02. The van der Waals surface area contributed by atoms with E-state index in [2.05, 4.69) is 12.0 Å². The molecule has 1 rings (SSSR count). The first-order valence-electron chi connectivity index (χ1n) is 6.02. The fraction of sp³-hybridized carbons (Fsp3) is 0.118. The van der Waals surface area contributed by atoms with Crippen molar-refractivity contribution in [2.45, 2.75) is 6.92 Å². The number of hydrogen-bond donors (Lipinski definition) is 1. The van der Waals surface area contributed by atoms with Crippen molar-refractivity contribution in [2.75, 3.05) is 7.11 Å². The van der Waals surface area contributed by atoms with Crippen molar-refractivity contribution < 1.29 is 14.6 Å². The van der Waals surface area contributed by atoms with E-state index in [0.717, 1.165) is 17.2 Å². The molecular weight excluding hydrogens is 252 g/mol. The van der Waals surface area contributed by atoms with Crippen molar-refractivity contribution in [3.05, 3.63) is 65.3 Å². The van der Waals surface area contributed by atoms with Crippen LogP contribution >= 0.6 is 0 Å². The highest BCUT2D eigenvalue weighted by atomic mass is 16.5. The molecule has 0 aromatic heterocycles. The van der Waals surface area contributed by atoms with Crippen LogP contribution < -0.4 is 0 Å². The van der Waals surface area contributed by atoms with Crippen molar-refractivity contribution in [2.24, 2.45) is 0 Å². The number of rotatable bonds is 4. The second kappa shape index (κ2) is 8.39. The Morgan fingerprint density at radius 3 is 2.60 bits per heavy atom. The summed E-state index contributed by atoms with van der Waals surface area (Å²) in [5.74, 6) is 1.84. The van der Waals surface area contributed by atoms with Crippen LogP contribution in [0.1, 0.15) is 12.5 Å². The average molecular weight is 268 g/mol. The van der Waals surface area contributed by atoms with Crippen LogP contribution in [0.4, 0.5) is 0 Å². The maximum absolute atomic E-state index is 10.5. The highest BCUT2D eigenvalue weighted by molar-refractivity contribution is 5.80. The largest absolute Gasteiger partial charge is 0.478 e. The van der Waals surface area contributed by atoms with Gasteiger partial charge in [0, 0.05) is 11.6 Å². The molecular formula is C17H16O3. The highest BCUT2D eigenvalue weighted by Gasteiger charge is 1.97. The van der Waals surface area contributed by atoms with Gasteiger partial charge in [-0.15, -0.1) is 0 Å². The molecule has 0 radical (unpaired) electrons. The lowest BCUT2D eigenvalue weighted by atomic mass is 10.0. The van der Waals surface area contributed by atoms with E-state index in [4.69, 9.17) is 9.84 Å². The molecule has 0 heterocycles. The lowest BCUT2D eigenvalue weighted by molar-refractivity contribution is -0.131. The van der Waals surface area contributed by atoms with E-state index in [9.17, 15) is 4.79 Å². The molecule has 3 heteroatoms. The van der Waals surface area contributed by atoms with Gasteiger partial charge in [-0.3, -0.25) is 0 Å². The number of aliphatic carboxylic acids is 1. The van der Waals surface area contributed by atoms with Crippen molar-refractivity contribution in [3.63, 3.8) is 0 Å². The quantitative estimate of drug-likeness (QED) is 0.518. The Morgan fingerprint density at radius 2 is 2.00 bits per heavy atom. The van der Waals surface area contributed by atoms with Gasteiger partial charge in [0.1, 0.15) is 6.11 Å². The lowest BCUT2D eigenvalue weighted by Crippen LogP contribution is -1.86. The summed E-state index contributed by atoms with van der Waals surface area (Å²) in [4.78, 5) is 10.5. The Bertz CT molecular complexity index is 596. The molecule has 102 valence electrons. The zero-order valence-corrected chi connectivity index (χ0v) is 11.5. The van der Waals surface area contributed by atoms with Crippen LogP contribution in [0.25, 0.3) is 6.08 Å². The number of allylic oxidation sites excluding steroid dienone is 4. The van der Waals surface area contributed by atoms with Crippen LogP contribution in [-0.4, -0.2) is 18.2 Å². The normalized spacial score (nSPS) is 11.9. The second-order valence-electron chi connectivity index (χ2n) is 3.95. The molecule has 0 fully saturated rings. The summed E-state index contributed by atoms with van der Waals surface area (Å²) in [5.41, 5.74) is 2.68. The molecule has 20 heavy (non-hydrogen) atoms. The molecule has 0 saturated heterocycles. The van der Waals surface area contributed by atoms with Gasteiger partial charge < -0.3 is 9.84 Å². The Kier molecular flexibility index (Phi) is 6.43. The summed E-state index contributed by atoms with van der Waals surface area (Å²) in [6.07, 6.45) is 8.65. The van der Waals surface area contributed by atoms with Gasteiger partial charge in [-0.2, -0.15) is 0 Å². The first kappa shape index (κ1) is 15.3. The number of benzene rings is 1. The topological polar surface area (TPSA) is 46.5 Å². The van der Waals surface area contributed by atoms with E-state index in [1.54, 1.807) is 6.08 Å². The Balaban J connectivity index is 3.04. The summed E-state index contributed by atoms with van der Waals surface area (Å²) in [6.45, 7) is 1.91. The van der Waals surface area contributed by atoms with Gasteiger partial charge in [0.2, 0.25) is 0 Å². The van der Waals surface area contributed by atoms with Crippen LogP contribution in [0, 0.1) is 12.0 Å². The van der Waals surface area contributed by atoms with Crippen LogP contribution in [-0.2, 0) is 9.53 Å². The molecule has 0 spiro atoms. The third kappa shape index (κ3) is 5.74. The van der Waals surface area contributed by atoms with Crippen LogP contribution in [0.5, 0.6) is 0 Å². The van der Waals surface area contributed by atoms with E-state index in [1.165, 1.54) is 13.2 Å². The molecule has 0 atom stereocenters. The van der Waals surface area contributed by atoms with Crippen molar-refractivity contribution >= 4 is 12.0 Å². The van der Waals surface area contributed by atoms with Gasteiger partial charge in [-0.1, -0.05) is 42.5 Å². The standard InChI is InChI=1S/C17H16O3/c1-14(13-15-7-4-3-5-8-15)16(11-12-20-2)9-6-10-17(18)19/h3-10,13H,1-2H3,(H,18,19)/b10-6-,14-13+,16-9+. The summed E-state index contributed by atoms with van der Waals surface area (Å²) in [5, 5.41) is 8.58. The van der Waals surface area contributed by atoms with E-state index in [1.807, 2.05) is 43.3 Å². The zero-order valence-electron chi connectivity index (χ0n) is 11.5. The summed E-state index contributed by atoms with van der Waals surface area (Å²) in [6, 6.07) is 9.82. The van der Waals surface area contributed by atoms with Gasteiger partial charge >= 0.3 is 5.97 Å². The monoisotopic (exact) mass is 268 g/mol. The molecule has 1 aromatic carbocycles. The minimum absolute atomic E-state index is 0.702. The van der Waals surface area contributed by atoms with Crippen molar-refractivity contribution in [3.8, 4) is 12.0 Å². The van der Waals surface area contributed by atoms with Crippen LogP contribution in [0.2, 0.25) is 0 Å². The Labute approximate surface area is 118 Å². The highest BCUT2D eigenvalue weighted by Crippen LogP contribution is 2.14. The van der Waals surface area contributed by atoms with E-state index in [-0.39, 0.29) is 0 Å². The Morgan fingerprint density at radius 1 is 1.30 bits per heavy atom. The zero-order chi connectivity index (χ0) is 14.8. The van der Waals surface area contributed by atoms with Crippen LogP contribution in [0.15, 0.2) is 59.7 Å². The SMILES string of the molecule is COC#CC(=C\C=C/C(=O)O)/C(C)=C/c1ccccc1. The first-order chi connectivity index (χ1) is 9.63. The molecule has 0 aliphatic carbocycles. The molecule has 0 aliphatic heterocycles. The molecule has 0 unspecified atom stereocenters. The van der Waals surface area contributed by atoms with E-state index in [0.29, 0.717) is 5.57 Å². The van der Waals surface area contributed by atoms with E-state index < -0.39 is 5.97 Å². The molecule has 0 saturated carbocycles. The third-order valence-corrected chi connectivity index (χ3v) is 2.40. The summed E-state index contributed by atoms with van der Waals surface area (Å²) < 4.78 is 4.73. The predicted octanol–water partition coefficient (Wildman–Crippen LogP) is 3.26. The minimum Gasteiger partial charge on any atom is -0.478 e. The third-order valence-electron chi connectivity index (χ3n) is 2.40. The predicted molar refractivity (Wildman–Crippen MR) is 79.7 cm³/mol. The minimum atomic E-state index is -0.995. The van der Waals surface area contributed by atoms with Crippen molar-refractivity contribution in [1.29, 1.82) is 0 Å². The molecule has 0 bridgehead atoms. The maximum Gasteiger partial charge on any atom is 0.328 e. The number of methoxy groups -OCH3 is 1. The van der Waals surface area contributed by atoms with Gasteiger partial charge in [-0.05, 0) is 30.1 Å². The maximum atomic E-state index is 10.5. The summed E-state index contributed by atoms with van der Waals surface area (Å²) >= 11 is 0. The molecule has 0 aliphatic rings. The fourth-order valence-corrected chi connectivity index (χ4v) is 1.48. The molecule has 1 N–H and O–H groups in total.